The van der Waals surface area contributed by atoms with Crippen LogP contribution in [0.25, 0.3) is 11.1 Å². The molecule has 2 heterocycles. The van der Waals surface area contributed by atoms with Crippen LogP contribution in [-0.4, -0.2) is 22.7 Å². The van der Waals surface area contributed by atoms with Crippen LogP contribution in [0.4, 0.5) is 4.39 Å². The quantitative estimate of drug-likeness (QED) is 0.673. The number of pyridine rings is 1. The van der Waals surface area contributed by atoms with E-state index in [4.69, 9.17) is 4.74 Å². The molecule has 0 bridgehead atoms. The van der Waals surface area contributed by atoms with Crippen LogP contribution in [0.15, 0.2) is 60.9 Å². The second-order valence-electron chi connectivity index (χ2n) is 6.94. The average molecular weight is 377 g/mol. The summed E-state index contributed by atoms with van der Waals surface area (Å²) in [5, 5.41) is 9.34. The molecule has 0 unspecified atom stereocenters. The molecular formula is C23H20FNO3. The van der Waals surface area contributed by atoms with Gasteiger partial charge in [0.05, 0.1) is 12.2 Å². The number of carbonyl (C=O) groups is 1. The highest BCUT2D eigenvalue weighted by atomic mass is 19.1. The van der Waals surface area contributed by atoms with Gasteiger partial charge in [0.15, 0.2) is 0 Å². The van der Waals surface area contributed by atoms with Gasteiger partial charge in [0.25, 0.3) is 0 Å². The van der Waals surface area contributed by atoms with Gasteiger partial charge in [-0.3, -0.25) is 4.98 Å². The summed E-state index contributed by atoms with van der Waals surface area (Å²) in [5.41, 5.74) is 3.48. The number of benzene rings is 2. The molecule has 1 N–H and O–H groups in total. The van der Waals surface area contributed by atoms with Crippen molar-refractivity contribution < 1.29 is 19.0 Å². The van der Waals surface area contributed by atoms with Gasteiger partial charge >= 0.3 is 5.97 Å². The van der Waals surface area contributed by atoms with E-state index in [9.17, 15) is 14.3 Å². The van der Waals surface area contributed by atoms with E-state index in [0.717, 1.165) is 35.3 Å². The molecule has 0 aliphatic carbocycles. The molecule has 0 amide bonds. The first-order chi connectivity index (χ1) is 13.6. The zero-order chi connectivity index (χ0) is 19.5. The maximum Gasteiger partial charge on any atom is 0.336 e. The Labute approximate surface area is 162 Å². The van der Waals surface area contributed by atoms with Crippen LogP contribution in [0.3, 0.4) is 0 Å². The number of nitrogens with zero attached hydrogens (tertiary/aromatic N) is 1. The van der Waals surface area contributed by atoms with E-state index in [1.165, 1.54) is 18.3 Å². The van der Waals surface area contributed by atoms with Gasteiger partial charge in [-0.1, -0.05) is 30.3 Å². The summed E-state index contributed by atoms with van der Waals surface area (Å²) in [7, 11) is 0. The third-order valence-electron chi connectivity index (χ3n) is 5.26. The largest absolute Gasteiger partial charge is 0.493 e. The zero-order valence-corrected chi connectivity index (χ0v) is 15.3. The fourth-order valence-corrected chi connectivity index (χ4v) is 3.79. The van der Waals surface area contributed by atoms with Crippen LogP contribution in [0.5, 0.6) is 5.75 Å². The molecule has 1 atom stereocenters. The third-order valence-corrected chi connectivity index (χ3v) is 5.26. The molecule has 4 nitrogen and oxygen atoms in total. The molecule has 4 rings (SSSR count). The number of aryl methyl sites for hydroxylation is 1. The summed E-state index contributed by atoms with van der Waals surface area (Å²) in [6.45, 7) is 0.594. The van der Waals surface area contributed by atoms with Crippen molar-refractivity contribution in [1.29, 1.82) is 0 Å². The van der Waals surface area contributed by atoms with Gasteiger partial charge in [0.1, 0.15) is 11.6 Å². The van der Waals surface area contributed by atoms with Gasteiger partial charge in [-0.25, -0.2) is 9.18 Å². The highest BCUT2D eigenvalue weighted by Gasteiger charge is 2.23. The molecule has 0 radical (unpaired) electrons. The normalized spacial score (nSPS) is 15.5. The number of carboxylic acids is 1. The fraction of sp³-hybridized carbons (Fsp3) is 0.217. The van der Waals surface area contributed by atoms with Crippen molar-refractivity contribution in [3.05, 3.63) is 83.4 Å². The van der Waals surface area contributed by atoms with Crippen LogP contribution in [-0.2, 0) is 6.42 Å². The first kappa shape index (κ1) is 18.2. The van der Waals surface area contributed by atoms with Crippen LogP contribution >= 0.6 is 0 Å². The number of rotatable bonds is 5. The molecule has 1 aliphatic rings. The van der Waals surface area contributed by atoms with Crippen molar-refractivity contribution in [2.24, 2.45) is 0 Å². The minimum atomic E-state index is -0.931. The van der Waals surface area contributed by atoms with Crippen molar-refractivity contribution in [3.63, 3.8) is 0 Å². The summed E-state index contributed by atoms with van der Waals surface area (Å²) < 4.78 is 19.9. The highest BCUT2D eigenvalue weighted by molar-refractivity contribution is 5.89. The van der Waals surface area contributed by atoms with Gasteiger partial charge in [0.2, 0.25) is 0 Å². The lowest BCUT2D eigenvalue weighted by molar-refractivity contribution is 0.0695. The molecule has 1 aliphatic heterocycles. The minimum absolute atomic E-state index is 0.257. The number of hydrogen-bond donors (Lipinski definition) is 1. The number of ether oxygens (including phenoxy) is 1. The lowest BCUT2D eigenvalue weighted by Gasteiger charge is -2.26. The van der Waals surface area contributed by atoms with Crippen molar-refractivity contribution in [3.8, 4) is 16.9 Å². The third kappa shape index (κ3) is 3.60. The predicted molar refractivity (Wildman–Crippen MR) is 104 cm³/mol. The minimum Gasteiger partial charge on any atom is -0.493 e. The topological polar surface area (TPSA) is 59.4 Å². The first-order valence-electron chi connectivity index (χ1n) is 9.31. The standard InChI is InChI=1S/C23H20FNO3/c24-21-4-2-1-3-18(21)16-7-8-19-15(10-12-28-22(19)13-16)5-6-17-14-25-11-9-20(17)23(26)27/h1-4,7-9,11,13-15H,5-6,10,12H2,(H,26,27)/t15-/m0/s1. The molecule has 2 aromatic carbocycles. The molecule has 28 heavy (non-hydrogen) atoms. The van der Waals surface area contributed by atoms with Gasteiger partial charge in [-0.05, 0) is 60.1 Å². The summed E-state index contributed by atoms with van der Waals surface area (Å²) >= 11 is 0. The van der Waals surface area contributed by atoms with Crippen molar-refractivity contribution in [2.45, 2.75) is 25.2 Å². The van der Waals surface area contributed by atoms with Gasteiger partial charge in [0, 0.05) is 18.0 Å². The molecule has 1 aromatic heterocycles. The Morgan fingerprint density at radius 1 is 1.21 bits per heavy atom. The fourth-order valence-electron chi connectivity index (χ4n) is 3.79. The lowest BCUT2D eigenvalue weighted by Crippen LogP contribution is -2.15. The maximum atomic E-state index is 14.1. The van der Waals surface area contributed by atoms with Gasteiger partial charge < -0.3 is 9.84 Å². The second kappa shape index (κ2) is 7.80. The highest BCUT2D eigenvalue weighted by Crippen LogP contribution is 2.39. The lowest BCUT2D eigenvalue weighted by atomic mass is 9.86. The molecule has 0 fully saturated rings. The molecule has 5 heteroatoms. The van der Waals surface area contributed by atoms with E-state index < -0.39 is 5.97 Å². The maximum absolute atomic E-state index is 14.1. The Hall–Kier alpha value is -3.21. The number of hydrogen-bond acceptors (Lipinski definition) is 3. The predicted octanol–water partition coefficient (Wildman–Crippen LogP) is 5.08. The molecule has 0 spiro atoms. The average Bonchev–Trinajstić information content (AvgIpc) is 2.72. The Balaban J connectivity index is 1.57. The van der Waals surface area contributed by atoms with E-state index in [0.29, 0.717) is 24.2 Å². The van der Waals surface area contributed by atoms with Crippen LogP contribution in [0, 0.1) is 5.82 Å². The Bertz CT molecular complexity index is 1020. The zero-order valence-electron chi connectivity index (χ0n) is 15.3. The molecule has 142 valence electrons. The van der Waals surface area contributed by atoms with Crippen molar-refractivity contribution in [1.82, 2.24) is 4.98 Å². The number of carboxylic acid groups (broad SMARTS) is 1. The second-order valence-corrected chi connectivity index (χ2v) is 6.94. The smallest absolute Gasteiger partial charge is 0.336 e. The van der Waals surface area contributed by atoms with E-state index in [-0.39, 0.29) is 11.7 Å². The van der Waals surface area contributed by atoms with E-state index in [1.807, 2.05) is 24.3 Å². The number of halogens is 1. The summed E-state index contributed by atoms with van der Waals surface area (Å²) in [4.78, 5) is 15.5. The Morgan fingerprint density at radius 3 is 2.89 bits per heavy atom. The molecule has 3 aromatic rings. The molecular weight excluding hydrogens is 357 g/mol. The first-order valence-corrected chi connectivity index (χ1v) is 9.31. The SMILES string of the molecule is O=C(O)c1ccncc1CC[C@H]1CCOc2cc(-c3ccccc3F)ccc21. The Morgan fingerprint density at radius 2 is 2.07 bits per heavy atom. The van der Waals surface area contributed by atoms with Crippen LogP contribution < -0.4 is 4.74 Å². The van der Waals surface area contributed by atoms with E-state index >= 15 is 0 Å². The van der Waals surface area contributed by atoms with Crippen LogP contribution in [0.2, 0.25) is 0 Å². The van der Waals surface area contributed by atoms with Crippen molar-refractivity contribution in [2.75, 3.05) is 6.61 Å². The number of aromatic nitrogens is 1. The monoisotopic (exact) mass is 377 g/mol. The van der Waals surface area contributed by atoms with E-state index in [2.05, 4.69) is 4.98 Å². The Kier molecular flexibility index (Phi) is 5.06. The summed E-state index contributed by atoms with van der Waals surface area (Å²) in [6.07, 6.45) is 5.44. The molecule has 0 saturated heterocycles. The molecule has 0 saturated carbocycles. The summed E-state index contributed by atoms with van der Waals surface area (Å²) in [6, 6.07) is 14.1. The van der Waals surface area contributed by atoms with Crippen LogP contribution in [0.1, 0.15) is 40.2 Å². The van der Waals surface area contributed by atoms with Crippen molar-refractivity contribution >= 4 is 5.97 Å². The van der Waals surface area contributed by atoms with E-state index in [1.54, 1.807) is 18.3 Å². The number of aromatic carboxylic acids is 1. The summed E-state index contributed by atoms with van der Waals surface area (Å²) in [5.74, 6) is -0.145. The number of fused-ring (bicyclic) bond motifs is 1. The van der Waals surface area contributed by atoms with Gasteiger partial charge in [-0.15, -0.1) is 0 Å². The van der Waals surface area contributed by atoms with Gasteiger partial charge in [-0.2, -0.15) is 0 Å².